The number of carbonyl (C=O) groups is 4. The van der Waals surface area contributed by atoms with Crippen LogP contribution in [0, 0.1) is 5.92 Å². The van der Waals surface area contributed by atoms with Crippen LogP contribution in [-0.4, -0.2) is 41.9 Å². The second kappa shape index (κ2) is 10.1. The van der Waals surface area contributed by atoms with Crippen LogP contribution in [0.15, 0.2) is 46.9 Å². The van der Waals surface area contributed by atoms with Gasteiger partial charge in [0.1, 0.15) is 0 Å². The molecule has 2 aromatic rings. The molecule has 11 heteroatoms. The zero-order valence-electron chi connectivity index (χ0n) is 15.9. The zero-order chi connectivity index (χ0) is 22.5. The Bertz CT molecular complexity index is 1030. The highest BCUT2D eigenvalue weighted by atomic mass is 79.9. The Balaban J connectivity index is 1.48. The van der Waals surface area contributed by atoms with Gasteiger partial charge in [0, 0.05) is 21.5 Å². The third-order valence-corrected chi connectivity index (χ3v) is 5.43. The molecule has 0 spiro atoms. The van der Waals surface area contributed by atoms with Crippen LogP contribution in [0.3, 0.4) is 0 Å². The quantitative estimate of drug-likeness (QED) is 0.559. The van der Waals surface area contributed by atoms with Crippen LogP contribution in [0.4, 0.5) is 5.69 Å². The van der Waals surface area contributed by atoms with Gasteiger partial charge in [-0.05, 0) is 42.5 Å². The van der Waals surface area contributed by atoms with E-state index >= 15 is 0 Å². The largest absolute Gasteiger partial charge is 0.455 e. The van der Waals surface area contributed by atoms with E-state index in [1.807, 2.05) is 0 Å². The van der Waals surface area contributed by atoms with Crippen molar-refractivity contribution in [2.45, 2.75) is 6.42 Å². The Morgan fingerprint density at radius 1 is 1.13 bits per heavy atom. The summed E-state index contributed by atoms with van der Waals surface area (Å²) in [6.07, 6.45) is -0.135. The molecule has 1 aliphatic heterocycles. The lowest BCUT2D eigenvalue weighted by Crippen LogP contribution is -2.43. The molecular weight excluding hydrogens is 513 g/mol. The number of hydrogen-bond acceptors (Lipinski definition) is 5. The SMILES string of the molecule is O=C(COC(=O)[C@@H]1CC(=O)N(NC(=O)c2ccc(Br)cc2)C1)Nc1ccc(Cl)cc1Cl. The van der Waals surface area contributed by atoms with E-state index in [2.05, 4.69) is 26.7 Å². The van der Waals surface area contributed by atoms with Gasteiger partial charge in [-0.25, -0.2) is 0 Å². The predicted molar refractivity (Wildman–Crippen MR) is 117 cm³/mol. The standard InChI is InChI=1S/C20H16BrCl2N3O5/c21-13-3-1-11(2-4-13)19(29)25-26-9-12(7-18(26)28)20(30)31-10-17(27)24-16-6-5-14(22)8-15(16)23/h1-6,8,12H,7,9-10H2,(H,24,27)(H,25,29)/t12-/m1/s1. The van der Waals surface area contributed by atoms with Crippen molar-refractivity contribution in [3.8, 4) is 0 Å². The summed E-state index contributed by atoms with van der Waals surface area (Å²) in [6, 6.07) is 11.1. The predicted octanol–water partition coefficient (Wildman–Crippen LogP) is 3.43. The molecule has 1 saturated heterocycles. The summed E-state index contributed by atoms with van der Waals surface area (Å²) >= 11 is 15.1. The van der Waals surface area contributed by atoms with E-state index in [-0.39, 0.29) is 18.0 Å². The number of ether oxygens (including phenoxy) is 1. The molecule has 0 bridgehead atoms. The van der Waals surface area contributed by atoms with Gasteiger partial charge in [-0.3, -0.25) is 29.6 Å². The molecule has 0 aromatic heterocycles. The number of nitrogens with one attached hydrogen (secondary N) is 2. The van der Waals surface area contributed by atoms with Gasteiger partial charge in [-0.15, -0.1) is 0 Å². The van der Waals surface area contributed by atoms with Crippen molar-refractivity contribution in [2.24, 2.45) is 5.92 Å². The van der Waals surface area contributed by atoms with E-state index in [1.165, 1.54) is 12.1 Å². The highest BCUT2D eigenvalue weighted by Crippen LogP contribution is 2.25. The van der Waals surface area contributed by atoms with Gasteiger partial charge < -0.3 is 10.1 Å². The van der Waals surface area contributed by atoms with Crippen LogP contribution in [-0.2, 0) is 19.1 Å². The lowest BCUT2D eigenvalue weighted by atomic mass is 10.1. The minimum atomic E-state index is -0.801. The lowest BCUT2D eigenvalue weighted by molar-refractivity contribution is -0.151. The summed E-state index contributed by atoms with van der Waals surface area (Å²) in [6.45, 7) is -0.599. The van der Waals surface area contributed by atoms with E-state index in [4.69, 9.17) is 27.9 Å². The number of hydrogen-bond donors (Lipinski definition) is 2. The smallest absolute Gasteiger partial charge is 0.311 e. The Kier molecular flexibility index (Phi) is 7.53. The molecule has 0 aliphatic carbocycles. The van der Waals surface area contributed by atoms with Gasteiger partial charge >= 0.3 is 5.97 Å². The van der Waals surface area contributed by atoms with Gasteiger partial charge in [0.15, 0.2) is 6.61 Å². The first-order valence-electron chi connectivity index (χ1n) is 9.01. The number of amides is 3. The van der Waals surface area contributed by atoms with Crippen LogP contribution in [0.2, 0.25) is 10.0 Å². The molecular formula is C20H16BrCl2N3O5. The first-order chi connectivity index (χ1) is 14.7. The first kappa shape index (κ1) is 23.1. The van der Waals surface area contributed by atoms with E-state index < -0.39 is 36.2 Å². The average molecular weight is 529 g/mol. The van der Waals surface area contributed by atoms with Crippen LogP contribution in [0.25, 0.3) is 0 Å². The Labute approximate surface area is 195 Å². The zero-order valence-corrected chi connectivity index (χ0v) is 19.0. The Morgan fingerprint density at radius 3 is 2.52 bits per heavy atom. The second-order valence-electron chi connectivity index (χ2n) is 6.63. The number of halogens is 3. The molecule has 3 amide bonds. The first-order valence-corrected chi connectivity index (χ1v) is 10.6. The van der Waals surface area contributed by atoms with Crippen molar-refractivity contribution < 1.29 is 23.9 Å². The minimum Gasteiger partial charge on any atom is -0.455 e. The summed E-state index contributed by atoms with van der Waals surface area (Å²) in [7, 11) is 0. The van der Waals surface area contributed by atoms with Gasteiger partial charge in [0.05, 0.1) is 23.2 Å². The Hall–Kier alpha value is -2.62. The maximum Gasteiger partial charge on any atom is 0.311 e. The highest BCUT2D eigenvalue weighted by Gasteiger charge is 2.36. The summed E-state index contributed by atoms with van der Waals surface area (Å²) in [5, 5.41) is 4.23. The van der Waals surface area contributed by atoms with E-state index in [0.29, 0.717) is 16.3 Å². The molecule has 0 unspecified atom stereocenters. The van der Waals surface area contributed by atoms with Crippen molar-refractivity contribution in [1.29, 1.82) is 0 Å². The van der Waals surface area contributed by atoms with Crippen LogP contribution >= 0.6 is 39.1 Å². The molecule has 1 fully saturated rings. The van der Waals surface area contributed by atoms with Crippen LogP contribution in [0.5, 0.6) is 0 Å². The molecule has 3 rings (SSSR count). The van der Waals surface area contributed by atoms with Gasteiger partial charge in [0.25, 0.3) is 11.8 Å². The van der Waals surface area contributed by atoms with Gasteiger partial charge in [0.2, 0.25) is 5.91 Å². The monoisotopic (exact) mass is 527 g/mol. The van der Waals surface area contributed by atoms with Crippen molar-refractivity contribution in [3.05, 3.63) is 62.5 Å². The summed E-state index contributed by atoms with van der Waals surface area (Å²) in [4.78, 5) is 48.7. The number of benzene rings is 2. The van der Waals surface area contributed by atoms with E-state index in [1.54, 1.807) is 30.3 Å². The summed E-state index contributed by atoms with van der Waals surface area (Å²) in [5.74, 6) is -3.02. The fourth-order valence-electron chi connectivity index (χ4n) is 2.79. The fourth-order valence-corrected chi connectivity index (χ4v) is 3.51. The number of hydrazine groups is 1. The second-order valence-corrected chi connectivity index (χ2v) is 8.39. The molecule has 31 heavy (non-hydrogen) atoms. The molecule has 2 aromatic carbocycles. The van der Waals surface area contributed by atoms with Crippen LogP contribution in [0.1, 0.15) is 16.8 Å². The maximum absolute atomic E-state index is 12.3. The minimum absolute atomic E-state index is 0.0510. The van der Waals surface area contributed by atoms with Crippen molar-refractivity contribution in [3.63, 3.8) is 0 Å². The van der Waals surface area contributed by atoms with Crippen molar-refractivity contribution in [1.82, 2.24) is 10.4 Å². The summed E-state index contributed by atoms with van der Waals surface area (Å²) in [5.41, 5.74) is 3.16. The molecule has 2 N–H and O–H groups in total. The lowest BCUT2D eigenvalue weighted by Gasteiger charge is -2.17. The van der Waals surface area contributed by atoms with E-state index in [9.17, 15) is 19.2 Å². The number of esters is 1. The normalized spacial score (nSPS) is 15.5. The average Bonchev–Trinajstić information content (AvgIpc) is 3.09. The van der Waals surface area contributed by atoms with Crippen LogP contribution < -0.4 is 10.7 Å². The molecule has 1 heterocycles. The topological polar surface area (TPSA) is 105 Å². The van der Waals surface area contributed by atoms with Gasteiger partial charge in [-0.2, -0.15) is 0 Å². The third kappa shape index (κ3) is 6.19. The molecule has 162 valence electrons. The number of nitrogens with zero attached hydrogens (tertiary/aromatic N) is 1. The molecule has 0 saturated carbocycles. The van der Waals surface area contributed by atoms with Gasteiger partial charge in [-0.1, -0.05) is 39.1 Å². The van der Waals surface area contributed by atoms with Crippen molar-refractivity contribution in [2.75, 3.05) is 18.5 Å². The van der Waals surface area contributed by atoms with Crippen molar-refractivity contribution >= 4 is 68.5 Å². The summed E-state index contributed by atoms with van der Waals surface area (Å²) < 4.78 is 5.82. The molecule has 0 radical (unpaired) electrons. The molecule has 1 atom stereocenters. The third-order valence-electron chi connectivity index (χ3n) is 4.35. The Morgan fingerprint density at radius 2 is 1.84 bits per heavy atom. The number of rotatable bonds is 6. The highest BCUT2D eigenvalue weighted by molar-refractivity contribution is 9.10. The fraction of sp³-hybridized carbons (Fsp3) is 0.200. The molecule has 8 nitrogen and oxygen atoms in total. The number of anilines is 1. The van der Waals surface area contributed by atoms with E-state index in [0.717, 1.165) is 9.48 Å². The molecule has 1 aliphatic rings. The maximum atomic E-state index is 12.3. The number of carbonyl (C=O) groups excluding carboxylic acids is 4.